The molecule has 0 saturated carbocycles. The van der Waals surface area contributed by atoms with Crippen LogP contribution in [0.25, 0.3) is 0 Å². The monoisotopic (exact) mass is 366 g/mol. The molecular weight excluding hydrogens is 348 g/mol. The van der Waals surface area contributed by atoms with Crippen molar-refractivity contribution in [1.29, 1.82) is 5.26 Å². The van der Waals surface area contributed by atoms with Crippen molar-refractivity contribution in [3.05, 3.63) is 75.3 Å². The lowest BCUT2D eigenvalue weighted by Gasteiger charge is -2.27. The molecule has 0 aromatic heterocycles. The zero-order chi connectivity index (χ0) is 20.0. The predicted octanol–water partition coefficient (Wildman–Crippen LogP) is 3.56. The number of non-ortho nitro benzene ring substituents is 1. The molecule has 2 aromatic carbocycles. The minimum Gasteiger partial charge on any atom is -0.465 e. The van der Waals surface area contributed by atoms with Crippen LogP contribution in [0.1, 0.15) is 41.8 Å². The lowest BCUT2D eigenvalue weighted by atomic mass is 9.77. The van der Waals surface area contributed by atoms with Crippen LogP contribution in [0, 0.1) is 21.4 Å². The van der Waals surface area contributed by atoms with Crippen molar-refractivity contribution < 1.29 is 19.2 Å². The van der Waals surface area contributed by atoms with Crippen molar-refractivity contribution in [2.24, 2.45) is 0 Å². The van der Waals surface area contributed by atoms with E-state index in [0.717, 1.165) is 0 Å². The average molecular weight is 366 g/mol. The second-order valence-corrected chi connectivity index (χ2v) is 6.15. The third kappa shape index (κ3) is 4.36. The van der Waals surface area contributed by atoms with Gasteiger partial charge in [0.15, 0.2) is 5.78 Å². The minimum atomic E-state index is -1.30. The van der Waals surface area contributed by atoms with E-state index in [4.69, 9.17) is 10.00 Å². The second-order valence-electron chi connectivity index (χ2n) is 6.15. The molecule has 7 nitrogen and oxygen atoms in total. The number of rotatable bonds is 7. The number of carbonyl (C=O) groups excluding carboxylic acids is 2. The summed E-state index contributed by atoms with van der Waals surface area (Å²) in [4.78, 5) is 35.6. The molecule has 138 valence electrons. The van der Waals surface area contributed by atoms with E-state index in [1.807, 2.05) is 6.07 Å². The summed E-state index contributed by atoms with van der Waals surface area (Å²) >= 11 is 0. The molecule has 1 atom stereocenters. The number of ether oxygens (including phenoxy) is 1. The van der Waals surface area contributed by atoms with E-state index in [2.05, 4.69) is 0 Å². The molecule has 0 heterocycles. The number of carbonyl (C=O) groups is 2. The lowest BCUT2D eigenvalue weighted by Crippen LogP contribution is -2.37. The van der Waals surface area contributed by atoms with E-state index >= 15 is 0 Å². The Morgan fingerprint density at radius 2 is 1.74 bits per heavy atom. The Hall–Kier alpha value is -3.53. The summed E-state index contributed by atoms with van der Waals surface area (Å²) in [7, 11) is 0. The standard InChI is InChI=1S/C20H18N2O5/c1-3-27-19(24)20(2,16-8-10-17(11-9-16)22(25)26)12-18(23)15-6-4-14(13-21)5-7-15/h4-11H,3,12H2,1-2H3. The maximum atomic E-state index is 12.7. The van der Waals surface area contributed by atoms with Gasteiger partial charge in [0.05, 0.1) is 28.6 Å². The number of benzene rings is 2. The Labute approximate surface area is 156 Å². The van der Waals surface area contributed by atoms with Crippen molar-refractivity contribution in [3.8, 4) is 6.07 Å². The van der Waals surface area contributed by atoms with Gasteiger partial charge in [-0.1, -0.05) is 24.3 Å². The van der Waals surface area contributed by atoms with E-state index in [0.29, 0.717) is 16.7 Å². The first-order chi connectivity index (χ1) is 12.8. The highest BCUT2D eigenvalue weighted by Gasteiger charge is 2.39. The number of hydrogen-bond acceptors (Lipinski definition) is 6. The fourth-order valence-corrected chi connectivity index (χ4v) is 2.69. The van der Waals surface area contributed by atoms with Crippen LogP contribution < -0.4 is 0 Å². The van der Waals surface area contributed by atoms with Gasteiger partial charge in [-0.3, -0.25) is 19.7 Å². The molecule has 0 bridgehead atoms. The summed E-state index contributed by atoms with van der Waals surface area (Å²) in [5.74, 6) is -0.880. The molecule has 0 fully saturated rings. The highest BCUT2D eigenvalue weighted by atomic mass is 16.6. The van der Waals surface area contributed by atoms with E-state index in [9.17, 15) is 19.7 Å². The number of nitrogens with zero attached hydrogens (tertiary/aromatic N) is 2. The largest absolute Gasteiger partial charge is 0.465 e. The van der Waals surface area contributed by atoms with Crippen LogP contribution in [-0.2, 0) is 14.9 Å². The average Bonchev–Trinajstić information content (AvgIpc) is 2.68. The molecule has 0 aliphatic heterocycles. The Balaban J connectivity index is 2.37. The van der Waals surface area contributed by atoms with Gasteiger partial charge in [-0.2, -0.15) is 5.26 Å². The van der Waals surface area contributed by atoms with Crippen LogP contribution in [0.3, 0.4) is 0 Å². The summed E-state index contributed by atoms with van der Waals surface area (Å²) in [6, 6.07) is 13.6. The van der Waals surface area contributed by atoms with Crippen molar-refractivity contribution in [2.75, 3.05) is 6.61 Å². The first-order valence-electron chi connectivity index (χ1n) is 8.27. The van der Waals surface area contributed by atoms with Gasteiger partial charge in [0.25, 0.3) is 5.69 Å². The van der Waals surface area contributed by atoms with Crippen LogP contribution in [0.4, 0.5) is 5.69 Å². The number of esters is 1. The van der Waals surface area contributed by atoms with Crippen LogP contribution in [-0.4, -0.2) is 23.3 Å². The molecule has 7 heteroatoms. The smallest absolute Gasteiger partial charge is 0.316 e. The molecule has 0 spiro atoms. The van der Waals surface area contributed by atoms with Gasteiger partial charge in [0.2, 0.25) is 0 Å². The maximum absolute atomic E-state index is 12.7. The van der Waals surface area contributed by atoms with Gasteiger partial charge in [-0.25, -0.2) is 0 Å². The fourth-order valence-electron chi connectivity index (χ4n) is 2.69. The first-order valence-corrected chi connectivity index (χ1v) is 8.27. The zero-order valence-corrected chi connectivity index (χ0v) is 15.0. The van der Waals surface area contributed by atoms with Crippen molar-refractivity contribution in [1.82, 2.24) is 0 Å². The summed E-state index contributed by atoms with van der Waals surface area (Å²) in [5, 5.41) is 19.7. The molecule has 1 unspecified atom stereocenters. The molecular formula is C20H18N2O5. The second kappa shape index (κ2) is 8.23. The highest BCUT2D eigenvalue weighted by molar-refractivity contribution is 6.00. The summed E-state index contributed by atoms with van der Waals surface area (Å²) in [5.41, 5.74) is -0.158. The summed E-state index contributed by atoms with van der Waals surface area (Å²) in [6.45, 7) is 3.39. The van der Waals surface area contributed by atoms with Crippen LogP contribution >= 0.6 is 0 Å². The number of nitro groups is 1. The van der Waals surface area contributed by atoms with Crippen LogP contribution in [0.15, 0.2) is 48.5 Å². The van der Waals surface area contributed by atoms with Crippen LogP contribution in [0.5, 0.6) is 0 Å². The number of nitro benzene ring substituents is 1. The van der Waals surface area contributed by atoms with Crippen molar-refractivity contribution >= 4 is 17.4 Å². The number of hydrogen-bond donors (Lipinski definition) is 0. The number of ketones is 1. The van der Waals surface area contributed by atoms with E-state index in [1.54, 1.807) is 13.8 Å². The van der Waals surface area contributed by atoms with Gasteiger partial charge in [-0.15, -0.1) is 0 Å². The molecule has 0 aliphatic carbocycles. The van der Waals surface area contributed by atoms with Crippen molar-refractivity contribution in [2.45, 2.75) is 25.7 Å². The molecule has 0 aliphatic rings. The minimum absolute atomic E-state index is 0.108. The summed E-state index contributed by atoms with van der Waals surface area (Å²) < 4.78 is 5.14. The molecule has 27 heavy (non-hydrogen) atoms. The van der Waals surface area contributed by atoms with Crippen molar-refractivity contribution in [3.63, 3.8) is 0 Å². The third-order valence-corrected chi connectivity index (χ3v) is 4.29. The van der Waals surface area contributed by atoms with Gasteiger partial charge < -0.3 is 4.74 Å². The number of nitriles is 1. The van der Waals surface area contributed by atoms with Gasteiger partial charge in [-0.05, 0) is 31.5 Å². The molecule has 2 rings (SSSR count). The van der Waals surface area contributed by atoms with E-state index in [-0.39, 0.29) is 24.5 Å². The maximum Gasteiger partial charge on any atom is 0.316 e. The molecule has 0 amide bonds. The van der Waals surface area contributed by atoms with Crippen LogP contribution in [0.2, 0.25) is 0 Å². The normalized spacial score (nSPS) is 12.5. The third-order valence-electron chi connectivity index (χ3n) is 4.29. The van der Waals surface area contributed by atoms with E-state index < -0.39 is 16.3 Å². The summed E-state index contributed by atoms with van der Waals surface area (Å²) in [6.07, 6.45) is -0.171. The Morgan fingerprint density at radius 3 is 2.22 bits per heavy atom. The van der Waals surface area contributed by atoms with Gasteiger partial charge in [0.1, 0.15) is 0 Å². The topological polar surface area (TPSA) is 110 Å². The quantitative estimate of drug-likeness (QED) is 0.321. The zero-order valence-electron chi connectivity index (χ0n) is 15.0. The Bertz CT molecular complexity index is 897. The first kappa shape index (κ1) is 19.8. The predicted molar refractivity (Wildman–Crippen MR) is 97.2 cm³/mol. The molecule has 0 radical (unpaired) electrons. The molecule has 0 saturated heterocycles. The molecule has 0 N–H and O–H groups in total. The van der Waals surface area contributed by atoms with Gasteiger partial charge in [0, 0.05) is 24.1 Å². The highest BCUT2D eigenvalue weighted by Crippen LogP contribution is 2.32. The Morgan fingerprint density at radius 1 is 1.15 bits per heavy atom. The fraction of sp³-hybridized carbons (Fsp3) is 0.250. The Kier molecular flexibility index (Phi) is 6.03. The number of Topliss-reactive ketones (excluding diaryl/α,β-unsaturated/α-hetero) is 1. The lowest BCUT2D eigenvalue weighted by molar-refractivity contribution is -0.384. The van der Waals surface area contributed by atoms with Gasteiger partial charge >= 0.3 is 5.97 Å². The van der Waals surface area contributed by atoms with E-state index in [1.165, 1.54) is 48.5 Å². The molecule has 2 aromatic rings. The SMILES string of the molecule is CCOC(=O)C(C)(CC(=O)c1ccc(C#N)cc1)c1ccc([N+](=O)[O-])cc1.